The molecule has 0 spiro atoms. The highest BCUT2D eigenvalue weighted by molar-refractivity contribution is 6.30. The Morgan fingerprint density at radius 1 is 1.50 bits per heavy atom. The fourth-order valence-corrected chi connectivity index (χ4v) is 2.05. The fourth-order valence-electron chi connectivity index (χ4n) is 1.86. The molecule has 106 valence electrons. The summed E-state index contributed by atoms with van der Waals surface area (Å²) >= 11 is 5.96. The molecule has 1 aromatic heterocycles. The summed E-state index contributed by atoms with van der Waals surface area (Å²) < 4.78 is 1.60. The van der Waals surface area contributed by atoms with E-state index in [0.717, 1.165) is 5.69 Å². The first-order chi connectivity index (χ1) is 9.67. The van der Waals surface area contributed by atoms with Crippen LogP contribution in [-0.2, 0) is 6.42 Å². The van der Waals surface area contributed by atoms with Gasteiger partial charge in [-0.05, 0) is 24.6 Å². The highest BCUT2D eigenvalue weighted by Crippen LogP contribution is 2.17. The van der Waals surface area contributed by atoms with Crippen LogP contribution in [0.1, 0.15) is 23.1 Å². The van der Waals surface area contributed by atoms with Crippen molar-refractivity contribution in [1.29, 1.82) is 0 Å². The Bertz CT molecular complexity index is 612. The van der Waals surface area contributed by atoms with Crippen molar-refractivity contribution < 1.29 is 9.90 Å². The van der Waals surface area contributed by atoms with E-state index in [4.69, 9.17) is 16.7 Å². The molecule has 1 amide bonds. The highest BCUT2D eigenvalue weighted by atomic mass is 35.5. The molecule has 0 aliphatic heterocycles. The van der Waals surface area contributed by atoms with Gasteiger partial charge in [-0.3, -0.25) is 4.79 Å². The summed E-state index contributed by atoms with van der Waals surface area (Å²) in [4.78, 5) is 11.9. The minimum atomic E-state index is -0.343. The summed E-state index contributed by atoms with van der Waals surface area (Å²) in [6.07, 6.45) is 0.599. The van der Waals surface area contributed by atoms with Gasteiger partial charge in [0.2, 0.25) is 0 Å². The first-order valence-electron chi connectivity index (χ1n) is 6.27. The molecule has 2 rings (SSSR count). The van der Waals surface area contributed by atoms with E-state index in [1.807, 2.05) is 19.1 Å². The quantitative estimate of drug-likeness (QED) is 0.868. The van der Waals surface area contributed by atoms with Gasteiger partial charge in [0.15, 0.2) is 5.69 Å². The minimum absolute atomic E-state index is 0.115. The van der Waals surface area contributed by atoms with Crippen molar-refractivity contribution in [2.24, 2.45) is 0 Å². The van der Waals surface area contributed by atoms with Crippen LogP contribution in [0, 0.1) is 0 Å². The number of aromatic nitrogens is 3. The average Bonchev–Trinajstić information content (AvgIpc) is 2.88. The number of nitrogens with one attached hydrogen (secondary N) is 1. The van der Waals surface area contributed by atoms with Crippen LogP contribution in [0.4, 0.5) is 0 Å². The van der Waals surface area contributed by atoms with Gasteiger partial charge in [-0.25, -0.2) is 4.68 Å². The monoisotopic (exact) mass is 294 g/mol. The normalized spacial score (nSPS) is 10.6. The third-order valence-corrected chi connectivity index (χ3v) is 3.00. The van der Waals surface area contributed by atoms with Crippen molar-refractivity contribution in [2.75, 3.05) is 13.2 Å². The summed E-state index contributed by atoms with van der Waals surface area (Å²) in [6, 6.07) is 7.17. The maximum absolute atomic E-state index is 11.9. The van der Waals surface area contributed by atoms with E-state index in [1.165, 1.54) is 0 Å². The van der Waals surface area contributed by atoms with Crippen LogP contribution in [0.5, 0.6) is 0 Å². The van der Waals surface area contributed by atoms with Crippen molar-refractivity contribution >= 4 is 17.5 Å². The number of nitrogens with zero attached hydrogens (tertiary/aromatic N) is 3. The third-order valence-electron chi connectivity index (χ3n) is 2.76. The molecule has 0 aliphatic rings. The second-order valence-corrected chi connectivity index (χ2v) is 4.55. The van der Waals surface area contributed by atoms with Crippen LogP contribution in [0.2, 0.25) is 5.02 Å². The number of rotatable bonds is 5. The lowest BCUT2D eigenvalue weighted by atomic mass is 10.2. The molecule has 20 heavy (non-hydrogen) atoms. The van der Waals surface area contributed by atoms with Crippen LogP contribution in [0.25, 0.3) is 5.69 Å². The van der Waals surface area contributed by atoms with Gasteiger partial charge in [0, 0.05) is 11.6 Å². The number of amides is 1. The summed E-state index contributed by atoms with van der Waals surface area (Å²) in [7, 11) is 0. The molecule has 0 aliphatic carbocycles. The number of hydrogen-bond acceptors (Lipinski definition) is 4. The molecule has 0 saturated carbocycles. The molecule has 0 atom stereocenters. The Hall–Kier alpha value is -1.92. The Balaban J connectivity index is 2.37. The molecular formula is C13H15ClN4O2. The lowest BCUT2D eigenvalue weighted by Crippen LogP contribution is -2.27. The van der Waals surface area contributed by atoms with Crippen molar-refractivity contribution in [3.63, 3.8) is 0 Å². The lowest BCUT2D eigenvalue weighted by Gasteiger charge is -2.06. The maximum atomic E-state index is 11.9. The van der Waals surface area contributed by atoms with Gasteiger partial charge in [-0.2, -0.15) is 0 Å². The van der Waals surface area contributed by atoms with Crippen LogP contribution >= 0.6 is 11.6 Å². The van der Waals surface area contributed by atoms with Gasteiger partial charge in [0.25, 0.3) is 5.91 Å². The molecule has 7 heteroatoms. The number of hydrogen-bond donors (Lipinski definition) is 2. The molecule has 6 nitrogen and oxygen atoms in total. The number of carbonyl (C=O) groups is 1. The Morgan fingerprint density at radius 2 is 2.30 bits per heavy atom. The van der Waals surface area contributed by atoms with E-state index in [-0.39, 0.29) is 24.8 Å². The van der Waals surface area contributed by atoms with Crippen LogP contribution in [0.15, 0.2) is 24.3 Å². The third kappa shape index (κ3) is 2.97. The standard InChI is InChI=1S/C13H15ClN4O2/c1-2-11-12(13(20)15-6-7-19)16-17-18(11)10-5-3-4-9(14)8-10/h3-5,8,19H,2,6-7H2,1H3,(H,15,20). The lowest BCUT2D eigenvalue weighted by molar-refractivity contribution is 0.0938. The van der Waals surface area contributed by atoms with E-state index in [0.29, 0.717) is 17.1 Å². The van der Waals surface area contributed by atoms with E-state index >= 15 is 0 Å². The van der Waals surface area contributed by atoms with E-state index in [9.17, 15) is 4.79 Å². The summed E-state index contributed by atoms with van der Waals surface area (Å²) in [5.74, 6) is -0.343. The first-order valence-corrected chi connectivity index (χ1v) is 6.64. The highest BCUT2D eigenvalue weighted by Gasteiger charge is 2.18. The van der Waals surface area contributed by atoms with Crippen molar-refractivity contribution in [3.8, 4) is 5.69 Å². The Morgan fingerprint density at radius 3 is 2.95 bits per heavy atom. The Kier molecular flexibility index (Phi) is 4.70. The van der Waals surface area contributed by atoms with E-state index < -0.39 is 0 Å². The molecule has 0 radical (unpaired) electrons. The number of aliphatic hydroxyl groups excluding tert-OH is 1. The maximum Gasteiger partial charge on any atom is 0.273 e. The largest absolute Gasteiger partial charge is 0.395 e. The molecule has 0 unspecified atom stereocenters. The number of halogens is 1. The summed E-state index contributed by atoms with van der Waals surface area (Å²) in [6.45, 7) is 1.99. The summed E-state index contributed by atoms with van der Waals surface area (Å²) in [5, 5.41) is 19.8. The van der Waals surface area contributed by atoms with Crippen LogP contribution in [0.3, 0.4) is 0 Å². The second-order valence-electron chi connectivity index (χ2n) is 4.11. The van der Waals surface area contributed by atoms with Gasteiger partial charge in [-0.15, -0.1) is 5.10 Å². The van der Waals surface area contributed by atoms with Crippen LogP contribution in [-0.4, -0.2) is 39.2 Å². The Labute approximate surface area is 121 Å². The zero-order chi connectivity index (χ0) is 14.5. The zero-order valence-corrected chi connectivity index (χ0v) is 11.8. The topological polar surface area (TPSA) is 80.0 Å². The molecule has 1 heterocycles. The zero-order valence-electron chi connectivity index (χ0n) is 11.0. The molecule has 0 fully saturated rings. The predicted molar refractivity (Wildman–Crippen MR) is 75.2 cm³/mol. The molecule has 2 aromatic rings. The molecule has 0 saturated heterocycles. The van der Waals surface area contributed by atoms with Crippen LogP contribution < -0.4 is 5.32 Å². The molecule has 0 bridgehead atoms. The average molecular weight is 295 g/mol. The molecule has 2 N–H and O–H groups in total. The van der Waals surface area contributed by atoms with E-state index in [1.54, 1.807) is 16.8 Å². The fraction of sp³-hybridized carbons (Fsp3) is 0.308. The second kappa shape index (κ2) is 6.49. The number of aliphatic hydroxyl groups is 1. The SMILES string of the molecule is CCc1c(C(=O)NCCO)nnn1-c1cccc(Cl)c1. The van der Waals surface area contributed by atoms with E-state index in [2.05, 4.69) is 15.6 Å². The molecular weight excluding hydrogens is 280 g/mol. The number of benzene rings is 1. The molecule has 1 aromatic carbocycles. The smallest absolute Gasteiger partial charge is 0.273 e. The first kappa shape index (κ1) is 14.5. The number of carbonyl (C=O) groups excluding carboxylic acids is 1. The van der Waals surface area contributed by atoms with Crippen molar-refractivity contribution in [3.05, 3.63) is 40.7 Å². The minimum Gasteiger partial charge on any atom is -0.395 e. The van der Waals surface area contributed by atoms with Gasteiger partial charge >= 0.3 is 0 Å². The van der Waals surface area contributed by atoms with Crippen molar-refractivity contribution in [2.45, 2.75) is 13.3 Å². The predicted octanol–water partition coefficient (Wildman–Crippen LogP) is 1.21. The van der Waals surface area contributed by atoms with Gasteiger partial charge < -0.3 is 10.4 Å². The van der Waals surface area contributed by atoms with Gasteiger partial charge in [0.1, 0.15) is 0 Å². The van der Waals surface area contributed by atoms with Gasteiger partial charge in [0.05, 0.1) is 18.0 Å². The van der Waals surface area contributed by atoms with Crippen molar-refractivity contribution in [1.82, 2.24) is 20.3 Å². The van der Waals surface area contributed by atoms with Gasteiger partial charge in [-0.1, -0.05) is 29.8 Å². The summed E-state index contributed by atoms with van der Waals surface area (Å²) in [5.41, 5.74) is 1.71.